The van der Waals surface area contributed by atoms with Gasteiger partial charge in [-0.2, -0.15) is 0 Å². The Labute approximate surface area is 96.6 Å². The molecule has 0 aliphatic rings. The Morgan fingerprint density at radius 3 is 2.62 bits per heavy atom. The van der Waals surface area contributed by atoms with Crippen molar-refractivity contribution >= 4 is 5.97 Å². The second-order valence-corrected chi connectivity index (χ2v) is 5.14. The fourth-order valence-corrected chi connectivity index (χ4v) is 1.47. The van der Waals surface area contributed by atoms with Crippen LogP contribution in [0.5, 0.6) is 0 Å². The average Bonchev–Trinajstić information content (AvgIpc) is 2.54. The van der Waals surface area contributed by atoms with Gasteiger partial charge in [-0.1, -0.05) is 20.8 Å². The van der Waals surface area contributed by atoms with Gasteiger partial charge in [-0.05, 0) is 18.8 Å². The first kappa shape index (κ1) is 12.7. The standard InChI is InChI=1S/C12H20N2O2/c1-9-13-8-10(11(15)16-5)14(9)7-6-12(2,3)4/h8H,6-7H2,1-5H3. The van der Waals surface area contributed by atoms with Crippen LogP contribution in [-0.2, 0) is 11.3 Å². The fourth-order valence-electron chi connectivity index (χ4n) is 1.47. The second-order valence-electron chi connectivity index (χ2n) is 5.14. The van der Waals surface area contributed by atoms with E-state index < -0.39 is 0 Å². The summed E-state index contributed by atoms with van der Waals surface area (Å²) in [7, 11) is 1.39. The first-order chi connectivity index (χ1) is 7.35. The maximum Gasteiger partial charge on any atom is 0.356 e. The van der Waals surface area contributed by atoms with E-state index in [-0.39, 0.29) is 11.4 Å². The second kappa shape index (κ2) is 4.68. The monoisotopic (exact) mass is 224 g/mol. The van der Waals surface area contributed by atoms with Crippen LogP contribution in [0.1, 0.15) is 43.5 Å². The number of aromatic nitrogens is 2. The van der Waals surface area contributed by atoms with Crippen molar-refractivity contribution < 1.29 is 9.53 Å². The van der Waals surface area contributed by atoms with Gasteiger partial charge in [0.05, 0.1) is 13.3 Å². The summed E-state index contributed by atoms with van der Waals surface area (Å²) < 4.78 is 6.64. The van der Waals surface area contributed by atoms with Crippen molar-refractivity contribution in [1.82, 2.24) is 9.55 Å². The topological polar surface area (TPSA) is 44.1 Å². The third-order valence-electron chi connectivity index (χ3n) is 2.54. The van der Waals surface area contributed by atoms with Gasteiger partial charge in [0, 0.05) is 6.54 Å². The fraction of sp³-hybridized carbons (Fsp3) is 0.667. The quantitative estimate of drug-likeness (QED) is 0.740. The summed E-state index contributed by atoms with van der Waals surface area (Å²) in [5, 5.41) is 0. The van der Waals surface area contributed by atoms with Gasteiger partial charge in [0.25, 0.3) is 0 Å². The van der Waals surface area contributed by atoms with Crippen molar-refractivity contribution in [1.29, 1.82) is 0 Å². The van der Waals surface area contributed by atoms with Gasteiger partial charge in [0.2, 0.25) is 0 Å². The van der Waals surface area contributed by atoms with E-state index in [2.05, 4.69) is 25.8 Å². The molecule has 1 aromatic heterocycles. The number of hydrogen-bond acceptors (Lipinski definition) is 3. The molecule has 0 saturated heterocycles. The van der Waals surface area contributed by atoms with Crippen LogP contribution in [-0.4, -0.2) is 22.6 Å². The van der Waals surface area contributed by atoms with Crippen LogP contribution in [0.25, 0.3) is 0 Å². The predicted molar refractivity (Wildman–Crippen MR) is 62.4 cm³/mol. The number of imidazole rings is 1. The minimum absolute atomic E-state index is 0.240. The molecule has 0 saturated carbocycles. The van der Waals surface area contributed by atoms with Crippen LogP contribution in [0.2, 0.25) is 0 Å². The molecule has 0 unspecified atom stereocenters. The normalized spacial score (nSPS) is 11.6. The number of nitrogens with zero attached hydrogens (tertiary/aromatic N) is 2. The SMILES string of the molecule is COC(=O)c1cnc(C)n1CCC(C)(C)C. The van der Waals surface area contributed by atoms with E-state index >= 15 is 0 Å². The highest BCUT2D eigenvalue weighted by molar-refractivity contribution is 5.87. The Balaban J connectivity index is 2.86. The van der Waals surface area contributed by atoms with E-state index in [0.717, 1.165) is 18.8 Å². The van der Waals surface area contributed by atoms with Gasteiger partial charge in [-0.15, -0.1) is 0 Å². The van der Waals surface area contributed by atoms with Gasteiger partial charge in [0.1, 0.15) is 11.5 Å². The number of rotatable bonds is 3. The van der Waals surface area contributed by atoms with E-state index in [9.17, 15) is 4.79 Å². The zero-order valence-electron chi connectivity index (χ0n) is 10.7. The summed E-state index contributed by atoms with van der Waals surface area (Å²) in [6.07, 6.45) is 2.57. The molecule has 0 spiro atoms. The van der Waals surface area contributed by atoms with Crippen LogP contribution in [0.15, 0.2) is 6.20 Å². The summed E-state index contributed by atoms with van der Waals surface area (Å²) in [6, 6.07) is 0. The lowest BCUT2D eigenvalue weighted by atomic mass is 9.92. The van der Waals surface area contributed by atoms with Gasteiger partial charge in [0.15, 0.2) is 0 Å². The lowest BCUT2D eigenvalue weighted by molar-refractivity contribution is 0.0587. The molecule has 0 aliphatic heterocycles. The molecule has 0 N–H and O–H groups in total. The van der Waals surface area contributed by atoms with Gasteiger partial charge in [-0.3, -0.25) is 0 Å². The molecule has 0 amide bonds. The molecule has 1 aromatic rings. The third-order valence-corrected chi connectivity index (χ3v) is 2.54. The molecule has 4 nitrogen and oxygen atoms in total. The molecule has 1 heterocycles. The summed E-state index contributed by atoms with van der Waals surface area (Å²) >= 11 is 0. The van der Waals surface area contributed by atoms with Crippen molar-refractivity contribution in [2.75, 3.05) is 7.11 Å². The van der Waals surface area contributed by atoms with E-state index in [1.807, 2.05) is 11.5 Å². The Morgan fingerprint density at radius 2 is 2.12 bits per heavy atom. The van der Waals surface area contributed by atoms with E-state index in [1.54, 1.807) is 6.20 Å². The average molecular weight is 224 g/mol. The molecule has 0 aliphatic carbocycles. The molecule has 0 bridgehead atoms. The largest absolute Gasteiger partial charge is 0.464 e. The molecular weight excluding hydrogens is 204 g/mol. The van der Waals surface area contributed by atoms with Crippen LogP contribution in [0, 0.1) is 12.3 Å². The number of aryl methyl sites for hydroxylation is 1. The van der Waals surface area contributed by atoms with Crippen molar-refractivity contribution in [3.8, 4) is 0 Å². The van der Waals surface area contributed by atoms with Crippen LogP contribution in [0.3, 0.4) is 0 Å². The summed E-state index contributed by atoms with van der Waals surface area (Å²) in [5.41, 5.74) is 0.772. The highest BCUT2D eigenvalue weighted by Crippen LogP contribution is 2.20. The first-order valence-corrected chi connectivity index (χ1v) is 5.45. The summed E-state index contributed by atoms with van der Waals surface area (Å²) in [4.78, 5) is 15.6. The number of methoxy groups -OCH3 is 1. The molecule has 0 aromatic carbocycles. The van der Waals surface area contributed by atoms with Crippen LogP contribution < -0.4 is 0 Å². The molecule has 0 atom stereocenters. The summed E-state index contributed by atoms with van der Waals surface area (Å²) in [6.45, 7) is 9.22. The smallest absolute Gasteiger partial charge is 0.356 e. The van der Waals surface area contributed by atoms with Gasteiger partial charge >= 0.3 is 5.97 Å². The minimum Gasteiger partial charge on any atom is -0.464 e. The zero-order valence-corrected chi connectivity index (χ0v) is 10.7. The number of carbonyl (C=O) groups excluding carboxylic acids is 1. The van der Waals surface area contributed by atoms with Crippen LogP contribution in [0.4, 0.5) is 0 Å². The molecule has 1 rings (SSSR count). The van der Waals surface area contributed by atoms with Gasteiger partial charge < -0.3 is 9.30 Å². The first-order valence-electron chi connectivity index (χ1n) is 5.45. The summed E-state index contributed by atoms with van der Waals surface area (Å²) in [5.74, 6) is 0.527. The van der Waals surface area contributed by atoms with Gasteiger partial charge in [-0.25, -0.2) is 9.78 Å². The number of esters is 1. The highest BCUT2D eigenvalue weighted by Gasteiger charge is 2.17. The molecule has 4 heteroatoms. The van der Waals surface area contributed by atoms with E-state index in [0.29, 0.717) is 5.69 Å². The Morgan fingerprint density at radius 1 is 1.50 bits per heavy atom. The molecule has 0 radical (unpaired) electrons. The minimum atomic E-state index is -0.325. The Kier molecular flexibility index (Phi) is 3.73. The third kappa shape index (κ3) is 3.08. The molecule has 90 valence electrons. The lowest BCUT2D eigenvalue weighted by Gasteiger charge is -2.19. The van der Waals surface area contributed by atoms with Crippen molar-refractivity contribution in [2.24, 2.45) is 5.41 Å². The maximum atomic E-state index is 11.5. The Hall–Kier alpha value is -1.32. The van der Waals surface area contributed by atoms with Crippen molar-refractivity contribution in [3.63, 3.8) is 0 Å². The number of hydrogen-bond donors (Lipinski definition) is 0. The van der Waals surface area contributed by atoms with E-state index in [4.69, 9.17) is 4.74 Å². The lowest BCUT2D eigenvalue weighted by Crippen LogP contribution is -2.16. The molecular formula is C12H20N2O2. The predicted octanol–water partition coefficient (Wildman–Crippen LogP) is 2.41. The zero-order chi connectivity index (χ0) is 12.3. The Bertz CT molecular complexity index is 375. The molecule has 16 heavy (non-hydrogen) atoms. The highest BCUT2D eigenvalue weighted by atomic mass is 16.5. The van der Waals surface area contributed by atoms with Crippen LogP contribution >= 0.6 is 0 Å². The number of ether oxygens (including phenoxy) is 1. The molecule has 0 fully saturated rings. The van der Waals surface area contributed by atoms with Crippen molar-refractivity contribution in [3.05, 3.63) is 17.7 Å². The number of carbonyl (C=O) groups is 1. The maximum absolute atomic E-state index is 11.5. The van der Waals surface area contributed by atoms with E-state index in [1.165, 1.54) is 7.11 Å². The van der Waals surface area contributed by atoms with Crippen molar-refractivity contribution in [2.45, 2.75) is 40.7 Å².